The number of amides is 2. The first-order valence-corrected chi connectivity index (χ1v) is 9.27. The van der Waals surface area contributed by atoms with Crippen LogP contribution in [0.2, 0.25) is 5.02 Å². The monoisotopic (exact) mass is 364 g/mol. The lowest BCUT2D eigenvalue weighted by molar-refractivity contribution is 0.134. The van der Waals surface area contributed by atoms with E-state index in [9.17, 15) is 4.79 Å². The summed E-state index contributed by atoms with van der Waals surface area (Å²) in [5.41, 5.74) is 2.05. The number of nitrogens with zero attached hydrogens (tertiary/aromatic N) is 3. The zero-order valence-electron chi connectivity index (χ0n) is 13.7. The number of hydrogen-bond acceptors (Lipinski definition) is 4. The number of piperazine rings is 1. The molecule has 2 aromatic rings. The van der Waals surface area contributed by atoms with Gasteiger partial charge in [-0.05, 0) is 18.6 Å². The second-order valence-electron chi connectivity index (χ2n) is 5.87. The Morgan fingerprint density at radius 1 is 1.29 bits per heavy atom. The molecule has 1 aliphatic rings. The SMILES string of the molecule is Cc1nc(CN2CCN(C(=O)NCc3ccccc3Cl)CC2)cs1. The summed E-state index contributed by atoms with van der Waals surface area (Å²) >= 11 is 7.80. The number of aryl methyl sites for hydroxylation is 1. The Balaban J connectivity index is 1.44. The van der Waals surface area contributed by atoms with E-state index in [0.717, 1.165) is 49.0 Å². The molecule has 24 heavy (non-hydrogen) atoms. The van der Waals surface area contributed by atoms with E-state index < -0.39 is 0 Å². The Kier molecular flexibility index (Phi) is 5.71. The number of thiazole rings is 1. The fourth-order valence-corrected chi connectivity index (χ4v) is 3.55. The molecule has 1 N–H and O–H groups in total. The molecule has 1 aliphatic heterocycles. The predicted octanol–water partition coefficient (Wildman–Crippen LogP) is 3.13. The standard InChI is InChI=1S/C17H21ClN4OS/c1-13-20-15(12-24-13)11-21-6-8-22(9-7-21)17(23)19-10-14-4-2-3-5-16(14)18/h2-5,12H,6-11H2,1H3,(H,19,23). The quantitative estimate of drug-likeness (QED) is 0.906. The van der Waals surface area contributed by atoms with Gasteiger partial charge in [0.1, 0.15) is 0 Å². The van der Waals surface area contributed by atoms with Crippen LogP contribution < -0.4 is 5.32 Å². The molecule has 2 amide bonds. The zero-order chi connectivity index (χ0) is 16.9. The largest absolute Gasteiger partial charge is 0.334 e. The van der Waals surface area contributed by atoms with Crippen LogP contribution in [0, 0.1) is 6.92 Å². The number of carbonyl (C=O) groups excluding carboxylic acids is 1. The van der Waals surface area contributed by atoms with Gasteiger partial charge in [0.15, 0.2) is 0 Å². The molecule has 0 bridgehead atoms. The van der Waals surface area contributed by atoms with Gasteiger partial charge in [0.25, 0.3) is 0 Å². The molecule has 2 heterocycles. The maximum atomic E-state index is 12.3. The van der Waals surface area contributed by atoms with Crippen LogP contribution in [0.4, 0.5) is 4.79 Å². The number of urea groups is 1. The highest BCUT2D eigenvalue weighted by Gasteiger charge is 2.21. The van der Waals surface area contributed by atoms with Crippen molar-refractivity contribution in [2.45, 2.75) is 20.0 Å². The van der Waals surface area contributed by atoms with E-state index in [1.54, 1.807) is 11.3 Å². The lowest BCUT2D eigenvalue weighted by Crippen LogP contribution is -2.51. The first-order chi connectivity index (χ1) is 11.6. The first-order valence-electron chi connectivity index (χ1n) is 8.01. The second-order valence-corrected chi connectivity index (χ2v) is 7.34. The van der Waals surface area contributed by atoms with Gasteiger partial charge in [-0.25, -0.2) is 9.78 Å². The molecule has 7 heteroatoms. The molecule has 0 atom stereocenters. The first kappa shape index (κ1) is 17.2. The summed E-state index contributed by atoms with van der Waals surface area (Å²) in [6.07, 6.45) is 0. The van der Waals surface area contributed by atoms with E-state index in [-0.39, 0.29) is 6.03 Å². The normalized spacial score (nSPS) is 15.5. The molecule has 0 radical (unpaired) electrons. The Morgan fingerprint density at radius 3 is 2.71 bits per heavy atom. The maximum absolute atomic E-state index is 12.3. The van der Waals surface area contributed by atoms with Crippen LogP contribution in [0.3, 0.4) is 0 Å². The number of aromatic nitrogens is 1. The van der Waals surface area contributed by atoms with Gasteiger partial charge < -0.3 is 10.2 Å². The number of hydrogen-bond donors (Lipinski definition) is 1. The molecule has 1 fully saturated rings. The molecule has 5 nitrogen and oxygen atoms in total. The maximum Gasteiger partial charge on any atom is 0.317 e. The summed E-state index contributed by atoms with van der Waals surface area (Å²) in [6.45, 7) is 6.55. The minimum Gasteiger partial charge on any atom is -0.334 e. The van der Waals surface area contributed by atoms with Gasteiger partial charge in [-0.15, -0.1) is 11.3 Å². The van der Waals surface area contributed by atoms with Crippen molar-refractivity contribution in [1.29, 1.82) is 0 Å². The van der Waals surface area contributed by atoms with Crippen molar-refractivity contribution in [2.24, 2.45) is 0 Å². The number of rotatable bonds is 4. The molecule has 0 unspecified atom stereocenters. The van der Waals surface area contributed by atoms with E-state index >= 15 is 0 Å². The van der Waals surface area contributed by atoms with Gasteiger partial charge >= 0.3 is 6.03 Å². The van der Waals surface area contributed by atoms with Gasteiger partial charge in [0, 0.05) is 49.7 Å². The fraction of sp³-hybridized carbons (Fsp3) is 0.412. The highest BCUT2D eigenvalue weighted by atomic mass is 35.5. The van der Waals surface area contributed by atoms with Crippen LogP contribution in [0.25, 0.3) is 0 Å². The van der Waals surface area contributed by atoms with Crippen molar-refractivity contribution >= 4 is 29.0 Å². The molecular formula is C17H21ClN4OS. The third-order valence-corrected chi connectivity index (χ3v) is 5.29. The van der Waals surface area contributed by atoms with Crippen molar-refractivity contribution in [2.75, 3.05) is 26.2 Å². The van der Waals surface area contributed by atoms with Crippen molar-refractivity contribution in [3.63, 3.8) is 0 Å². The van der Waals surface area contributed by atoms with Crippen LogP contribution in [0.15, 0.2) is 29.6 Å². The zero-order valence-corrected chi connectivity index (χ0v) is 15.2. The summed E-state index contributed by atoms with van der Waals surface area (Å²) in [7, 11) is 0. The minimum atomic E-state index is -0.0286. The summed E-state index contributed by atoms with van der Waals surface area (Å²) in [6, 6.07) is 7.54. The van der Waals surface area contributed by atoms with Gasteiger partial charge in [0.05, 0.1) is 10.7 Å². The molecular weight excluding hydrogens is 344 g/mol. The molecule has 0 saturated carbocycles. The number of halogens is 1. The van der Waals surface area contributed by atoms with Gasteiger partial charge in [-0.3, -0.25) is 4.90 Å². The van der Waals surface area contributed by atoms with Crippen LogP contribution in [0.5, 0.6) is 0 Å². The summed E-state index contributed by atoms with van der Waals surface area (Å²) in [5.74, 6) is 0. The van der Waals surface area contributed by atoms with Crippen molar-refractivity contribution in [1.82, 2.24) is 20.1 Å². The number of benzene rings is 1. The van der Waals surface area contributed by atoms with Crippen molar-refractivity contribution in [3.8, 4) is 0 Å². The van der Waals surface area contributed by atoms with Crippen LogP contribution in [0.1, 0.15) is 16.3 Å². The Morgan fingerprint density at radius 2 is 2.04 bits per heavy atom. The molecule has 128 valence electrons. The smallest absolute Gasteiger partial charge is 0.317 e. The Labute approximate surface area is 151 Å². The third-order valence-electron chi connectivity index (χ3n) is 4.10. The lowest BCUT2D eigenvalue weighted by atomic mass is 10.2. The van der Waals surface area contributed by atoms with Gasteiger partial charge in [0.2, 0.25) is 0 Å². The number of carbonyl (C=O) groups is 1. The van der Waals surface area contributed by atoms with Crippen LogP contribution in [-0.2, 0) is 13.1 Å². The molecule has 1 aromatic heterocycles. The molecule has 0 aliphatic carbocycles. The summed E-state index contributed by atoms with van der Waals surface area (Å²) in [4.78, 5) is 21.0. The predicted molar refractivity (Wildman–Crippen MR) is 97.4 cm³/mol. The molecule has 1 saturated heterocycles. The van der Waals surface area contributed by atoms with Gasteiger partial charge in [-0.1, -0.05) is 29.8 Å². The van der Waals surface area contributed by atoms with E-state index in [2.05, 4.69) is 20.6 Å². The molecule has 3 rings (SSSR count). The highest BCUT2D eigenvalue weighted by Crippen LogP contribution is 2.15. The molecule has 1 aromatic carbocycles. The number of nitrogens with one attached hydrogen (secondary N) is 1. The average molecular weight is 365 g/mol. The fourth-order valence-electron chi connectivity index (χ4n) is 2.74. The topological polar surface area (TPSA) is 48.5 Å². The van der Waals surface area contributed by atoms with Crippen LogP contribution >= 0.6 is 22.9 Å². The van der Waals surface area contributed by atoms with Crippen molar-refractivity contribution < 1.29 is 4.79 Å². The lowest BCUT2D eigenvalue weighted by Gasteiger charge is -2.34. The second kappa shape index (κ2) is 7.96. The highest BCUT2D eigenvalue weighted by molar-refractivity contribution is 7.09. The molecule has 0 spiro atoms. The third kappa shape index (κ3) is 4.47. The summed E-state index contributed by atoms with van der Waals surface area (Å²) < 4.78 is 0. The van der Waals surface area contributed by atoms with Crippen LogP contribution in [-0.4, -0.2) is 47.0 Å². The summed E-state index contributed by atoms with van der Waals surface area (Å²) in [5, 5.41) is 6.84. The van der Waals surface area contributed by atoms with E-state index in [1.165, 1.54) is 0 Å². The average Bonchev–Trinajstić information content (AvgIpc) is 2.99. The van der Waals surface area contributed by atoms with E-state index in [1.807, 2.05) is 36.1 Å². The Hall–Kier alpha value is -1.63. The van der Waals surface area contributed by atoms with E-state index in [0.29, 0.717) is 11.6 Å². The van der Waals surface area contributed by atoms with E-state index in [4.69, 9.17) is 11.6 Å². The van der Waals surface area contributed by atoms with Crippen molar-refractivity contribution in [3.05, 3.63) is 50.9 Å². The minimum absolute atomic E-state index is 0.0286. The van der Waals surface area contributed by atoms with Gasteiger partial charge in [-0.2, -0.15) is 0 Å². The Bertz CT molecular complexity index is 697.